The van der Waals surface area contributed by atoms with E-state index >= 15 is 0 Å². The van der Waals surface area contributed by atoms with Crippen LogP contribution in [0.2, 0.25) is 0 Å². The van der Waals surface area contributed by atoms with Gasteiger partial charge in [0.2, 0.25) is 0 Å². The van der Waals surface area contributed by atoms with Crippen molar-refractivity contribution in [2.24, 2.45) is 11.3 Å². The smallest absolute Gasteiger partial charge is 0.303 e. The number of carboxylic acids is 3. The SMILES string of the molecule is O=C(O)CCC1CCCCCCCCCCC(CCC(=O)O)(CCC(=O)O)C1=O. The number of carbonyl (C=O) groups is 4. The molecule has 0 aromatic carbocycles. The van der Waals surface area contributed by atoms with E-state index in [2.05, 4.69) is 0 Å². The minimum Gasteiger partial charge on any atom is -0.481 e. The minimum absolute atomic E-state index is 0.107. The molecular formula is C22H36O7. The monoisotopic (exact) mass is 412 g/mol. The predicted molar refractivity (Wildman–Crippen MR) is 108 cm³/mol. The fraction of sp³-hybridized carbons (Fsp3) is 0.818. The summed E-state index contributed by atoms with van der Waals surface area (Å²) < 4.78 is 0. The number of Topliss-reactive ketones (excluding diaryl/α,β-unsaturated/α-hetero) is 1. The molecule has 29 heavy (non-hydrogen) atoms. The summed E-state index contributed by atoms with van der Waals surface area (Å²) in [6, 6.07) is 0. The zero-order valence-electron chi connectivity index (χ0n) is 17.4. The summed E-state index contributed by atoms with van der Waals surface area (Å²) in [4.78, 5) is 47.2. The number of hydrogen-bond donors (Lipinski definition) is 3. The van der Waals surface area contributed by atoms with Gasteiger partial charge in [-0.3, -0.25) is 19.2 Å². The Hall–Kier alpha value is -1.92. The number of carbonyl (C=O) groups excluding carboxylic acids is 1. The highest BCUT2D eigenvalue weighted by Gasteiger charge is 2.41. The van der Waals surface area contributed by atoms with Crippen molar-refractivity contribution in [3.05, 3.63) is 0 Å². The molecule has 1 atom stereocenters. The molecule has 0 bridgehead atoms. The number of ketones is 1. The normalized spacial score (nSPS) is 21.4. The van der Waals surface area contributed by atoms with Crippen LogP contribution in [0, 0.1) is 11.3 Å². The highest BCUT2D eigenvalue weighted by atomic mass is 16.4. The lowest BCUT2D eigenvalue weighted by Gasteiger charge is -2.35. The zero-order valence-corrected chi connectivity index (χ0v) is 17.4. The molecule has 0 radical (unpaired) electrons. The molecular weight excluding hydrogens is 376 g/mol. The van der Waals surface area contributed by atoms with Crippen LogP contribution in [0.5, 0.6) is 0 Å². The van der Waals surface area contributed by atoms with Gasteiger partial charge in [-0.2, -0.15) is 0 Å². The Bertz CT molecular complexity index is 537. The average molecular weight is 413 g/mol. The number of carboxylic acid groups (broad SMARTS) is 3. The molecule has 0 heterocycles. The summed E-state index contributed by atoms with van der Waals surface area (Å²) >= 11 is 0. The van der Waals surface area contributed by atoms with Gasteiger partial charge in [0, 0.05) is 30.6 Å². The lowest BCUT2D eigenvalue weighted by atomic mass is 9.67. The van der Waals surface area contributed by atoms with Gasteiger partial charge < -0.3 is 15.3 Å². The maximum absolute atomic E-state index is 13.6. The van der Waals surface area contributed by atoms with Crippen LogP contribution in [0.25, 0.3) is 0 Å². The summed E-state index contributed by atoms with van der Waals surface area (Å²) in [7, 11) is 0. The van der Waals surface area contributed by atoms with Crippen molar-refractivity contribution >= 4 is 23.7 Å². The van der Waals surface area contributed by atoms with Gasteiger partial charge in [0.15, 0.2) is 0 Å². The third-order valence-electron chi connectivity index (χ3n) is 6.19. The van der Waals surface area contributed by atoms with Gasteiger partial charge in [-0.15, -0.1) is 0 Å². The third kappa shape index (κ3) is 9.90. The van der Waals surface area contributed by atoms with Gasteiger partial charge in [0.05, 0.1) is 0 Å². The predicted octanol–water partition coefficient (Wildman–Crippen LogP) is 4.67. The van der Waals surface area contributed by atoms with E-state index in [0.717, 1.165) is 51.4 Å². The van der Waals surface area contributed by atoms with Gasteiger partial charge in [-0.25, -0.2) is 0 Å². The van der Waals surface area contributed by atoms with Crippen LogP contribution < -0.4 is 0 Å². The molecule has 1 aliphatic carbocycles. The van der Waals surface area contributed by atoms with Crippen molar-refractivity contribution < 1.29 is 34.5 Å². The van der Waals surface area contributed by atoms with Gasteiger partial charge in [-0.05, 0) is 32.1 Å². The molecule has 0 amide bonds. The van der Waals surface area contributed by atoms with Crippen molar-refractivity contribution in [1.82, 2.24) is 0 Å². The molecule has 166 valence electrons. The van der Waals surface area contributed by atoms with Crippen molar-refractivity contribution in [2.45, 2.75) is 103 Å². The molecule has 1 unspecified atom stereocenters. The fourth-order valence-electron chi connectivity index (χ4n) is 4.49. The van der Waals surface area contributed by atoms with Gasteiger partial charge in [0.1, 0.15) is 5.78 Å². The van der Waals surface area contributed by atoms with E-state index in [1.807, 2.05) is 0 Å². The van der Waals surface area contributed by atoms with E-state index in [9.17, 15) is 29.4 Å². The van der Waals surface area contributed by atoms with E-state index in [4.69, 9.17) is 5.11 Å². The maximum Gasteiger partial charge on any atom is 0.303 e. The summed E-state index contributed by atoms with van der Waals surface area (Å²) in [6.07, 6.45) is 9.05. The van der Waals surface area contributed by atoms with Crippen LogP contribution in [-0.2, 0) is 19.2 Å². The van der Waals surface area contributed by atoms with Crippen LogP contribution in [0.3, 0.4) is 0 Å². The van der Waals surface area contributed by atoms with E-state index in [1.165, 1.54) is 0 Å². The second-order valence-corrected chi connectivity index (χ2v) is 8.43. The van der Waals surface area contributed by atoms with Crippen molar-refractivity contribution in [1.29, 1.82) is 0 Å². The second kappa shape index (κ2) is 13.3. The molecule has 7 heteroatoms. The van der Waals surface area contributed by atoms with E-state index in [-0.39, 0.29) is 44.3 Å². The zero-order chi connectivity index (χ0) is 21.7. The molecule has 0 aromatic heterocycles. The molecule has 3 N–H and O–H groups in total. The number of rotatable bonds is 9. The third-order valence-corrected chi connectivity index (χ3v) is 6.19. The van der Waals surface area contributed by atoms with Crippen LogP contribution in [0.15, 0.2) is 0 Å². The van der Waals surface area contributed by atoms with E-state index in [1.54, 1.807) is 0 Å². The highest BCUT2D eigenvalue weighted by molar-refractivity contribution is 5.88. The van der Waals surface area contributed by atoms with Gasteiger partial charge in [-0.1, -0.05) is 51.4 Å². The standard InChI is InChI=1S/C22H36O7/c23-18(24)11-10-17-9-7-5-3-1-2-4-6-8-14-22(21(17)29,15-12-19(25)26)16-13-20(27)28/h17H,1-16H2,(H,23,24)(H,25,26)(H,27,28). The average Bonchev–Trinajstić information content (AvgIpc) is 2.67. The molecule has 1 fully saturated rings. The number of aliphatic carboxylic acids is 3. The molecule has 0 saturated heterocycles. The molecule has 1 aliphatic rings. The molecule has 1 rings (SSSR count). The van der Waals surface area contributed by atoms with Crippen molar-refractivity contribution in [3.63, 3.8) is 0 Å². The van der Waals surface area contributed by atoms with Crippen LogP contribution >= 0.6 is 0 Å². The van der Waals surface area contributed by atoms with Crippen LogP contribution in [0.4, 0.5) is 0 Å². The Balaban J connectivity index is 3.16. The topological polar surface area (TPSA) is 129 Å². The van der Waals surface area contributed by atoms with Crippen molar-refractivity contribution in [3.8, 4) is 0 Å². The summed E-state index contributed by atoms with van der Waals surface area (Å²) in [5.74, 6) is -3.52. The lowest BCUT2D eigenvalue weighted by Crippen LogP contribution is -2.38. The molecule has 0 aromatic rings. The quantitative estimate of drug-likeness (QED) is 0.502. The first-order valence-corrected chi connectivity index (χ1v) is 11.0. The Morgan fingerprint density at radius 2 is 1.17 bits per heavy atom. The van der Waals surface area contributed by atoms with Gasteiger partial charge >= 0.3 is 17.9 Å². The maximum atomic E-state index is 13.6. The molecule has 7 nitrogen and oxygen atoms in total. The first kappa shape index (κ1) is 25.1. The Morgan fingerprint density at radius 1 is 0.724 bits per heavy atom. The Labute approximate surface area is 172 Å². The van der Waals surface area contributed by atoms with Crippen LogP contribution in [0.1, 0.15) is 103 Å². The fourth-order valence-corrected chi connectivity index (χ4v) is 4.49. The van der Waals surface area contributed by atoms with E-state index < -0.39 is 29.2 Å². The summed E-state index contributed by atoms with van der Waals surface area (Å²) in [5.41, 5.74) is -0.992. The summed E-state index contributed by atoms with van der Waals surface area (Å²) in [5, 5.41) is 27.5. The first-order chi connectivity index (χ1) is 13.8. The molecule has 1 saturated carbocycles. The van der Waals surface area contributed by atoms with Crippen LogP contribution in [-0.4, -0.2) is 39.0 Å². The Morgan fingerprint density at radius 3 is 1.66 bits per heavy atom. The molecule has 0 aliphatic heterocycles. The minimum atomic E-state index is -1.00. The molecule has 0 spiro atoms. The van der Waals surface area contributed by atoms with E-state index in [0.29, 0.717) is 12.8 Å². The van der Waals surface area contributed by atoms with Crippen molar-refractivity contribution in [2.75, 3.05) is 0 Å². The largest absolute Gasteiger partial charge is 0.481 e. The first-order valence-electron chi connectivity index (χ1n) is 11.0. The summed E-state index contributed by atoms with van der Waals surface area (Å²) in [6.45, 7) is 0. The Kier molecular flexibility index (Phi) is 11.5. The number of hydrogen-bond acceptors (Lipinski definition) is 4. The highest BCUT2D eigenvalue weighted by Crippen LogP contribution is 2.41. The van der Waals surface area contributed by atoms with Gasteiger partial charge in [0.25, 0.3) is 0 Å². The second-order valence-electron chi connectivity index (χ2n) is 8.43. The lowest BCUT2D eigenvalue weighted by molar-refractivity contribution is -0.141.